The van der Waals surface area contributed by atoms with Crippen LogP contribution in [0, 0.1) is 5.41 Å². The van der Waals surface area contributed by atoms with E-state index in [1.807, 2.05) is 0 Å². The highest BCUT2D eigenvalue weighted by atomic mass is 35.5. The molecule has 2 atom stereocenters. The molecule has 0 saturated heterocycles. The molecule has 13 heteroatoms. The normalized spacial score (nSPS) is 17.2. The fourth-order valence-corrected chi connectivity index (χ4v) is 3.14. The standard InChI is InChI=1S/C11H22Cl2O4.H4O5P2/c1-8(12)3-11(17,4-9(2)13)10(5-14,6-15)7-16;1-6(2)5-7(3)4/h8-9,14-17H,3-7H2,1-2H3;1-4H. The molecule has 0 fully saturated rings. The van der Waals surface area contributed by atoms with Crippen LogP contribution < -0.4 is 0 Å². The molecule has 0 aliphatic rings. The van der Waals surface area contributed by atoms with Gasteiger partial charge < -0.3 is 40.0 Å². The number of aliphatic hydroxyl groups is 4. The maximum atomic E-state index is 10.6. The molecule has 0 spiro atoms. The third-order valence-corrected chi connectivity index (χ3v) is 4.76. The summed E-state index contributed by atoms with van der Waals surface area (Å²) >= 11 is 11.7. The zero-order chi connectivity index (χ0) is 19.6. The molecule has 0 rings (SSSR count). The second kappa shape index (κ2) is 13.3. The first-order valence-corrected chi connectivity index (χ1v) is 9.97. The summed E-state index contributed by atoms with van der Waals surface area (Å²) in [6.45, 7) is 1.78. The van der Waals surface area contributed by atoms with Crippen LogP contribution in [0.1, 0.15) is 26.7 Å². The zero-order valence-electron chi connectivity index (χ0n) is 13.3. The molecule has 0 aromatic carbocycles. The van der Waals surface area contributed by atoms with Crippen molar-refractivity contribution in [3.8, 4) is 0 Å². The van der Waals surface area contributed by atoms with Crippen LogP contribution in [0.15, 0.2) is 0 Å². The molecular formula is C11H26Cl2O9P2. The molecule has 0 amide bonds. The van der Waals surface area contributed by atoms with Gasteiger partial charge in [-0.05, 0) is 26.7 Å². The van der Waals surface area contributed by atoms with Gasteiger partial charge in [-0.25, -0.2) is 4.31 Å². The van der Waals surface area contributed by atoms with Crippen LogP contribution in [0.5, 0.6) is 0 Å². The molecule has 0 heterocycles. The summed E-state index contributed by atoms with van der Waals surface area (Å²) in [6.07, 6.45) is 0.264. The van der Waals surface area contributed by atoms with Gasteiger partial charge in [0.05, 0.1) is 30.8 Å². The summed E-state index contributed by atoms with van der Waals surface area (Å²) in [4.78, 5) is 31.3. The third kappa shape index (κ3) is 10.3. The number of aliphatic hydroxyl groups excluding tert-OH is 3. The van der Waals surface area contributed by atoms with Crippen molar-refractivity contribution in [1.29, 1.82) is 0 Å². The SMILES string of the molecule is CC(Cl)CC(O)(CC(C)Cl)C(CO)(CO)CO.OP(O)OP(O)O. The predicted octanol–water partition coefficient (Wildman–Crippen LogP) is 0.142. The van der Waals surface area contributed by atoms with Gasteiger partial charge in [-0.1, -0.05) is 0 Å². The Balaban J connectivity index is 0. The lowest BCUT2D eigenvalue weighted by molar-refractivity contribution is -0.160. The minimum absolute atomic E-state index is 0.132. The maximum Gasteiger partial charge on any atom is 0.334 e. The highest BCUT2D eigenvalue weighted by Crippen LogP contribution is 2.42. The van der Waals surface area contributed by atoms with Gasteiger partial charge in [-0.2, -0.15) is 0 Å². The Morgan fingerprint density at radius 2 is 1.12 bits per heavy atom. The highest BCUT2D eigenvalue weighted by Gasteiger charge is 2.50. The van der Waals surface area contributed by atoms with E-state index in [4.69, 9.17) is 42.8 Å². The molecule has 0 saturated carbocycles. The van der Waals surface area contributed by atoms with Crippen molar-refractivity contribution in [1.82, 2.24) is 0 Å². The quantitative estimate of drug-likeness (QED) is 0.176. The molecule has 0 aromatic rings. The number of hydrogen-bond acceptors (Lipinski definition) is 9. The third-order valence-electron chi connectivity index (χ3n) is 3.28. The molecule has 0 aliphatic heterocycles. The molecule has 148 valence electrons. The first-order chi connectivity index (χ1) is 10.9. The van der Waals surface area contributed by atoms with E-state index in [-0.39, 0.29) is 23.6 Å². The lowest BCUT2D eigenvalue weighted by Gasteiger charge is -2.45. The molecule has 24 heavy (non-hydrogen) atoms. The summed E-state index contributed by atoms with van der Waals surface area (Å²) in [6, 6.07) is 0. The van der Waals surface area contributed by atoms with Gasteiger partial charge in [-0.15, -0.1) is 23.2 Å². The van der Waals surface area contributed by atoms with E-state index in [2.05, 4.69) is 4.31 Å². The van der Waals surface area contributed by atoms with E-state index in [1.165, 1.54) is 0 Å². The Hall–Kier alpha value is 1.08. The minimum Gasteiger partial charge on any atom is -0.395 e. The van der Waals surface area contributed by atoms with Crippen LogP contribution in [0.2, 0.25) is 0 Å². The first kappa shape index (κ1) is 27.3. The summed E-state index contributed by atoms with van der Waals surface area (Å²) in [5.74, 6) is 0. The van der Waals surface area contributed by atoms with Gasteiger partial charge in [0.15, 0.2) is 0 Å². The van der Waals surface area contributed by atoms with E-state index in [9.17, 15) is 20.4 Å². The topological polar surface area (TPSA) is 171 Å². The van der Waals surface area contributed by atoms with Gasteiger partial charge in [0.1, 0.15) is 0 Å². The summed E-state index contributed by atoms with van der Waals surface area (Å²) in [7, 11) is -5.22. The Kier molecular flexibility index (Phi) is 15.1. The van der Waals surface area contributed by atoms with Crippen molar-refractivity contribution in [3.63, 3.8) is 0 Å². The lowest BCUT2D eigenvalue weighted by Crippen LogP contribution is -2.57. The van der Waals surface area contributed by atoms with Crippen LogP contribution in [0.25, 0.3) is 0 Å². The molecule has 0 aliphatic carbocycles. The molecule has 8 N–H and O–H groups in total. The second-order valence-corrected chi connectivity index (χ2v) is 8.50. The molecule has 0 bridgehead atoms. The van der Waals surface area contributed by atoms with E-state index < -0.39 is 48.0 Å². The zero-order valence-corrected chi connectivity index (χ0v) is 16.6. The largest absolute Gasteiger partial charge is 0.395 e. The molecule has 2 unspecified atom stereocenters. The van der Waals surface area contributed by atoms with Gasteiger partial charge in [0, 0.05) is 10.8 Å². The van der Waals surface area contributed by atoms with Crippen LogP contribution in [0.3, 0.4) is 0 Å². The van der Waals surface area contributed by atoms with Gasteiger partial charge in [0.25, 0.3) is 0 Å². The van der Waals surface area contributed by atoms with Crippen molar-refractivity contribution in [3.05, 3.63) is 0 Å². The van der Waals surface area contributed by atoms with Crippen LogP contribution in [-0.2, 0) is 4.31 Å². The molecule has 0 aromatic heterocycles. The number of rotatable bonds is 10. The average molecular weight is 435 g/mol. The lowest BCUT2D eigenvalue weighted by atomic mass is 9.68. The van der Waals surface area contributed by atoms with Gasteiger partial charge in [-0.3, -0.25) is 0 Å². The number of hydrogen-bond donors (Lipinski definition) is 8. The Bertz CT molecular complexity index is 294. The van der Waals surface area contributed by atoms with Crippen molar-refractivity contribution >= 4 is 40.4 Å². The van der Waals surface area contributed by atoms with Crippen LogP contribution in [-0.4, -0.2) is 76.2 Å². The Labute approximate surface area is 153 Å². The van der Waals surface area contributed by atoms with Crippen LogP contribution >= 0.6 is 40.4 Å². The summed E-state index contributed by atoms with van der Waals surface area (Å²) < 4.78 is 3.60. The molecular weight excluding hydrogens is 409 g/mol. The van der Waals surface area contributed by atoms with Gasteiger partial charge in [0.2, 0.25) is 0 Å². The van der Waals surface area contributed by atoms with E-state index in [0.717, 1.165) is 0 Å². The van der Waals surface area contributed by atoms with Crippen molar-refractivity contribution in [2.75, 3.05) is 19.8 Å². The summed E-state index contributed by atoms with van der Waals surface area (Å²) in [5.41, 5.74) is -2.91. The van der Waals surface area contributed by atoms with E-state index in [1.54, 1.807) is 13.8 Å². The Morgan fingerprint density at radius 3 is 1.25 bits per heavy atom. The fourth-order valence-electron chi connectivity index (χ4n) is 2.10. The fraction of sp³-hybridized carbons (Fsp3) is 1.00. The minimum atomic E-state index is -2.61. The average Bonchev–Trinajstić information content (AvgIpc) is 2.38. The smallest absolute Gasteiger partial charge is 0.334 e. The monoisotopic (exact) mass is 434 g/mol. The van der Waals surface area contributed by atoms with E-state index in [0.29, 0.717) is 0 Å². The number of alkyl halides is 2. The van der Waals surface area contributed by atoms with Crippen molar-refractivity contribution < 1.29 is 44.3 Å². The van der Waals surface area contributed by atoms with Crippen LogP contribution in [0.4, 0.5) is 0 Å². The van der Waals surface area contributed by atoms with E-state index >= 15 is 0 Å². The summed E-state index contributed by atoms with van der Waals surface area (Å²) in [5, 5.41) is 38.0. The van der Waals surface area contributed by atoms with Crippen molar-refractivity contribution in [2.24, 2.45) is 5.41 Å². The predicted molar refractivity (Wildman–Crippen MR) is 92.3 cm³/mol. The van der Waals surface area contributed by atoms with Crippen molar-refractivity contribution in [2.45, 2.75) is 43.0 Å². The Morgan fingerprint density at radius 1 is 0.833 bits per heavy atom. The first-order valence-electron chi connectivity index (χ1n) is 6.76. The highest BCUT2D eigenvalue weighted by molar-refractivity contribution is 7.53. The number of halogens is 2. The molecule has 0 radical (unpaired) electrons. The second-order valence-electron chi connectivity index (χ2n) is 5.34. The van der Waals surface area contributed by atoms with Gasteiger partial charge >= 0.3 is 17.2 Å². The molecule has 9 nitrogen and oxygen atoms in total. The maximum absolute atomic E-state index is 10.6.